The summed E-state index contributed by atoms with van der Waals surface area (Å²) in [4.78, 5) is 5.03. The van der Waals surface area contributed by atoms with Crippen molar-refractivity contribution in [2.24, 2.45) is 0 Å². The minimum atomic E-state index is 0.835. The van der Waals surface area contributed by atoms with Crippen LogP contribution in [0, 0.1) is 0 Å². The molecule has 2 fully saturated rings. The molecule has 12 heteroatoms. The van der Waals surface area contributed by atoms with Gasteiger partial charge in [-0.15, -0.1) is 10.2 Å². The Morgan fingerprint density at radius 3 is 1.26 bits per heavy atom. The van der Waals surface area contributed by atoms with Crippen LogP contribution in [-0.2, 0) is 26.2 Å². The average Bonchev–Trinajstić information content (AvgIpc) is 3.56. The van der Waals surface area contributed by atoms with E-state index in [9.17, 15) is 0 Å². The fraction of sp³-hybridized carbons (Fsp3) is 0.852. The van der Waals surface area contributed by atoms with Crippen molar-refractivity contribution in [1.82, 2.24) is 61.1 Å². The molecule has 2 aliphatic rings. The second-order valence-corrected chi connectivity index (χ2v) is 11.0. The number of aromatic nitrogens is 6. The zero-order chi connectivity index (χ0) is 26.8. The van der Waals surface area contributed by atoms with Gasteiger partial charge in [-0.25, -0.2) is 0 Å². The van der Waals surface area contributed by atoms with Gasteiger partial charge in [-0.05, 0) is 123 Å². The summed E-state index contributed by atoms with van der Waals surface area (Å²) in [5.74, 6) is 0. The lowest BCUT2D eigenvalue weighted by Gasteiger charge is -2.22. The van der Waals surface area contributed by atoms with Gasteiger partial charge in [-0.3, -0.25) is 19.2 Å². The van der Waals surface area contributed by atoms with Crippen LogP contribution < -0.4 is 21.3 Å². The van der Waals surface area contributed by atoms with Crippen LogP contribution in [0.2, 0.25) is 0 Å². The molecule has 4 N–H and O–H groups in total. The van der Waals surface area contributed by atoms with E-state index in [1.807, 2.05) is 9.36 Å². The molecule has 2 aliphatic heterocycles. The van der Waals surface area contributed by atoms with Gasteiger partial charge in [0.05, 0.1) is 11.4 Å². The van der Waals surface area contributed by atoms with Crippen molar-refractivity contribution in [3.63, 3.8) is 0 Å². The molecule has 0 aromatic carbocycles. The molecule has 12 nitrogen and oxygen atoms in total. The van der Waals surface area contributed by atoms with Gasteiger partial charge in [0.1, 0.15) is 0 Å². The van der Waals surface area contributed by atoms with Crippen LogP contribution in [0.4, 0.5) is 0 Å². The van der Waals surface area contributed by atoms with Crippen LogP contribution in [0.3, 0.4) is 0 Å². The molecule has 0 saturated carbocycles. The highest BCUT2D eigenvalue weighted by Crippen LogP contribution is 2.06. The van der Waals surface area contributed by atoms with E-state index >= 15 is 0 Å². The predicted octanol–water partition coefficient (Wildman–Crippen LogP) is 0.290. The predicted molar refractivity (Wildman–Crippen MR) is 154 cm³/mol. The van der Waals surface area contributed by atoms with E-state index < -0.39 is 0 Å². The number of rotatable bonds is 8. The summed E-state index contributed by atoms with van der Waals surface area (Å²) in [5, 5.41) is 31.9. The first kappa shape index (κ1) is 30.0. The Balaban J connectivity index is 1.16. The topological polar surface area (TPSA) is 116 Å². The zero-order valence-corrected chi connectivity index (χ0v) is 24.0. The first-order chi connectivity index (χ1) is 19.3. The van der Waals surface area contributed by atoms with Crippen LogP contribution in [0.25, 0.3) is 0 Å². The van der Waals surface area contributed by atoms with Crippen LogP contribution in [0.1, 0.15) is 56.3 Å². The Morgan fingerprint density at radius 2 is 0.872 bits per heavy atom. The summed E-state index contributed by atoms with van der Waals surface area (Å²) < 4.78 is 3.96. The highest BCUT2D eigenvalue weighted by molar-refractivity contribution is 4.93. The van der Waals surface area contributed by atoms with E-state index in [0.717, 1.165) is 123 Å². The lowest BCUT2D eigenvalue weighted by Crippen LogP contribution is -2.32. The Kier molecular flexibility index (Phi) is 14.2. The van der Waals surface area contributed by atoms with E-state index in [2.05, 4.69) is 64.1 Å². The average molecular weight is 545 g/mol. The molecule has 4 rings (SSSR count). The summed E-state index contributed by atoms with van der Waals surface area (Å²) in [7, 11) is 0. The van der Waals surface area contributed by atoms with Gasteiger partial charge >= 0.3 is 0 Å². The second-order valence-electron chi connectivity index (χ2n) is 11.0. The Bertz CT molecular complexity index is 790. The van der Waals surface area contributed by atoms with Gasteiger partial charge < -0.3 is 21.3 Å². The van der Waals surface area contributed by atoms with Crippen molar-refractivity contribution in [1.29, 1.82) is 0 Å². The lowest BCUT2D eigenvalue weighted by atomic mass is 10.2. The molecule has 0 radical (unpaired) electrons. The van der Waals surface area contributed by atoms with Crippen LogP contribution >= 0.6 is 0 Å². The molecule has 2 aromatic heterocycles. The van der Waals surface area contributed by atoms with Crippen LogP contribution in [0.5, 0.6) is 0 Å². The standard InChI is InChI=1S/C27H52N12/c1-8-28-12-3-16-36(17-4-13-29-9-1)22-26-24-38(34-32-26)20-7-21-39-25-27(33-35-39)23-37-18-5-14-30-10-2-11-31-15-6-19-37/h24-25,28-31H,1-23H2. The fourth-order valence-electron chi connectivity index (χ4n) is 5.32. The van der Waals surface area contributed by atoms with Gasteiger partial charge in [-0.1, -0.05) is 10.4 Å². The first-order valence-electron chi connectivity index (χ1n) is 15.4. The number of nitrogens with one attached hydrogen (secondary N) is 4. The zero-order valence-electron chi connectivity index (χ0n) is 24.0. The summed E-state index contributed by atoms with van der Waals surface area (Å²) in [6.45, 7) is 16.5. The number of hydrogen-bond donors (Lipinski definition) is 4. The lowest BCUT2D eigenvalue weighted by molar-refractivity contribution is 0.252. The monoisotopic (exact) mass is 544 g/mol. The van der Waals surface area contributed by atoms with Gasteiger partial charge in [0.2, 0.25) is 0 Å². The van der Waals surface area contributed by atoms with Crippen molar-refractivity contribution < 1.29 is 0 Å². The smallest absolute Gasteiger partial charge is 0.0967 e. The van der Waals surface area contributed by atoms with E-state index in [0.29, 0.717) is 0 Å². The van der Waals surface area contributed by atoms with E-state index in [1.54, 1.807) is 0 Å². The molecule has 0 aliphatic carbocycles. The minimum Gasteiger partial charge on any atom is -0.317 e. The van der Waals surface area contributed by atoms with E-state index in [-0.39, 0.29) is 0 Å². The largest absolute Gasteiger partial charge is 0.317 e. The molecule has 0 amide bonds. The van der Waals surface area contributed by atoms with Gasteiger partial charge in [-0.2, -0.15) is 0 Å². The second kappa shape index (κ2) is 18.4. The van der Waals surface area contributed by atoms with Crippen molar-refractivity contribution in [3.05, 3.63) is 23.8 Å². The van der Waals surface area contributed by atoms with Crippen LogP contribution in [0.15, 0.2) is 12.4 Å². The summed E-state index contributed by atoms with van der Waals surface area (Å²) >= 11 is 0. The van der Waals surface area contributed by atoms with E-state index in [4.69, 9.17) is 0 Å². The maximum Gasteiger partial charge on any atom is 0.0967 e. The maximum atomic E-state index is 4.46. The summed E-state index contributed by atoms with van der Waals surface area (Å²) in [6, 6.07) is 0. The van der Waals surface area contributed by atoms with Gasteiger partial charge in [0.25, 0.3) is 0 Å². The number of hydrogen-bond acceptors (Lipinski definition) is 10. The number of nitrogens with zero attached hydrogens (tertiary/aromatic N) is 8. The fourth-order valence-corrected chi connectivity index (χ4v) is 5.32. The Hall–Kier alpha value is -1.96. The molecule has 0 spiro atoms. The maximum absolute atomic E-state index is 4.46. The molecule has 220 valence electrons. The molecule has 0 atom stereocenters. The molecule has 2 saturated heterocycles. The SMILES string of the molecule is c1c(CN2CCCNCCCNCCC2)nnn1CCCn1cc(CN2CCCNCCCNCCC2)nn1. The summed E-state index contributed by atoms with van der Waals surface area (Å²) in [5.41, 5.74) is 2.12. The van der Waals surface area contributed by atoms with Crippen molar-refractivity contribution >= 4 is 0 Å². The van der Waals surface area contributed by atoms with Crippen molar-refractivity contribution in [3.8, 4) is 0 Å². The minimum absolute atomic E-state index is 0.835. The van der Waals surface area contributed by atoms with Gasteiger partial charge in [0, 0.05) is 38.6 Å². The Labute approximate surface area is 234 Å². The first-order valence-corrected chi connectivity index (χ1v) is 15.4. The van der Waals surface area contributed by atoms with E-state index in [1.165, 1.54) is 38.5 Å². The highest BCUT2D eigenvalue weighted by atomic mass is 15.4. The third-order valence-corrected chi connectivity index (χ3v) is 7.44. The third kappa shape index (κ3) is 12.4. The quantitative estimate of drug-likeness (QED) is 0.370. The van der Waals surface area contributed by atoms with Crippen LogP contribution in [-0.4, -0.2) is 118 Å². The molecular formula is C27H52N12. The van der Waals surface area contributed by atoms with Crippen molar-refractivity contribution in [2.75, 3.05) is 78.5 Å². The molecule has 39 heavy (non-hydrogen) atoms. The number of aryl methyl sites for hydroxylation is 2. The summed E-state index contributed by atoms with van der Waals surface area (Å²) in [6.07, 6.45) is 12.3. The normalized spacial score (nSPS) is 20.9. The highest BCUT2D eigenvalue weighted by Gasteiger charge is 2.12. The molecule has 0 unspecified atom stereocenters. The van der Waals surface area contributed by atoms with Gasteiger partial charge in [0.15, 0.2) is 0 Å². The molecule has 2 aromatic rings. The van der Waals surface area contributed by atoms with Crippen molar-refractivity contribution in [2.45, 2.75) is 71.1 Å². The Morgan fingerprint density at radius 1 is 0.513 bits per heavy atom. The molecule has 4 heterocycles. The third-order valence-electron chi connectivity index (χ3n) is 7.44. The molecule has 0 bridgehead atoms. The molecular weight excluding hydrogens is 492 g/mol.